The van der Waals surface area contributed by atoms with E-state index in [4.69, 9.17) is 5.73 Å². The molecule has 1 aliphatic heterocycles. The van der Waals surface area contributed by atoms with Crippen LogP contribution in [0.4, 0.5) is 0 Å². The molecule has 0 radical (unpaired) electrons. The number of nitrogens with zero attached hydrogens (tertiary/aromatic N) is 1. The van der Waals surface area contributed by atoms with Gasteiger partial charge in [-0.05, 0) is 32.2 Å². The molecular weight excluding hydrogens is 176 g/mol. The van der Waals surface area contributed by atoms with E-state index in [1.165, 1.54) is 0 Å². The van der Waals surface area contributed by atoms with Gasteiger partial charge in [-0.25, -0.2) is 0 Å². The number of hydrogen-bond donors (Lipinski definition) is 1. The minimum atomic E-state index is 0.303. The highest BCUT2D eigenvalue weighted by Gasteiger charge is 2.34. The fourth-order valence-corrected chi connectivity index (χ4v) is 2.27. The Morgan fingerprint density at radius 1 is 1.57 bits per heavy atom. The monoisotopic (exact) mass is 198 g/mol. The van der Waals surface area contributed by atoms with Crippen LogP contribution in [-0.4, -0.2) is 29.9 Å². The highest BCUT2D eigenvalue weighted by Crippen LogP contribution is 2.27. The van der Waals surface area contributed by atoms with Crippen LogP contribution in [0.3, 0.4) is 0 Å². The Balaban J connectivity index is 2.57. The first-order valence-electron chi connectivity index (χ1n) is 5.59. The van der Waals surface area contributed by atoms with Crippen molar-refractivity contribution in [2.45, 2.75) is 39.7 Å². The van der Waals surface area contributed by atoms with Crippen LogP contribution in [0, 0.1) is 11.8 Å². The summed E-state index contributed by atoms with van der Waals surface area (Å²) < 4.78 is 0. The van der Waals surface area contributed by atoms with Crippen LogP contribution >= 0.6 is 0 Å². The van der Waals surface area contributed by atoms with E-state index in [0.29, 0.717) is 36.8 Å². The largest absolute Gasteiger partial charge is 0.340 e. The third-order valence-electron chi connectivity index (χ3n) is 3.31. The van der Waals surface area contributed by atoms with Gasteiger partial charge in [-0.1, -0.05) is 13.3 Å². The first-order valence-corrected chi connectivity index (χ1v) is 5.59. The van der Waals surface area contributed by atoms with E-state index in [0.717, 1.165) is 13.0 Å². The zero-order chi connectivity index (χ0) is 10.7. The molecule has 1 aliphatic rings. The maximum atomic E-state index is 11.6. The van der Waals surface area contributed by atoms with Gasteiger partial charge in [0.1, 0.15) is 0 Å². The molecule has 3 nitrogen and oxygen atoms in total. The summed E-state index contributed by atoms with van der Waals surface area (Å²) in [7, 11) is 0. The third kappa shape index (κ3) is 2.27. The molecule has 14 heavy (non-hydrogen) atoms. The number of hydrogen-bond acceptors (Lipinski definition) is 2. The van der Waals surface area contributed by atoms with E-state index in [1.807, 2.05) is 4.90 Å². The maximum Gasteiger partial charge on any atom is 0.223 e. The van der Waals surface area contributed by atoms with Gasteiger partial charge in [-0.15, -0.1) is 0 Å². The second-order valence-electron chi connectivity index (χ2n) is 4.51. The Morgan fingerprint density at radius 2 is 2.21 bits per heavy atom. The topological polar surface area (TPSA) is 46.3 Å². The predicted octanol–water partition coefficient (Wildman–Crippen LogP) is 1.23. The predicted molar refractivity (Wildman–Crippen MR) is 57.8 cm³/mol. The van der Waals surface area contributed by atoms with Crippen LogP contribution in [-0.2, 0) is 4.79 Å². The number of carbonyl (C=O) groups excluding carboxylic acids is 1. The summed E-state index contributed by atoms with van der Waals surface area (Å²) in [6, 6.07) is 0.336. The molecule has 1 saturated heterocycles. The van der Waals surface area contributed by atoms with Crippen LogP contribution < -0.4 is 5.73 Å². The van der Waals surface area contributed by atoms with Crippen molar-refractivity contribution in [3.63, 3.8) is 0 Å². The molecular formula is C11H22N2O. The fourth-order valence-electron chi connectivity index (χ4n) is 2.27. The third-order valence-corrected chi connectivity index (χ3v) is 3.31. The lowest BCUT2D eigenvalue weighted by Gasteiger charge is -2.23. The molecule has 0 spiro atoms. The summed E-state index contributed by atoms with van der Waals surface area (Å²) in [4.78, 5) is 13.6. The van der Waals surface area contributed by atoms with Crippen molar-refractivity contribution in [1.82, 2.24) is 4.90 Å². The molecule has 2 unspecified atom stereocenters. The van der Waals surface area contributed by atoms with Crippen molar-refractivity contribution in [2.75, 3.05) is 13.1 Å². The number of nitrogens with two attached hydrogens (primary N) is 1. The van der Waals surface area contributed by atoms with Crippen LogP contribution in [0.25, 0.3) is 0 Å². The number of rotatable bonds is 4. The molecule has 0 saturated carbocycles. The van der Waals surface area contributed by atoms with Crippen molar-refractivity contribution < 1.29 is 4.79 Å². The molecule has 0 aromatic carbocycles. The molecule has 1 rings (SSSR count). The minimum absolute atomic E-state index is 0.303. The van der Waals surface area contributed by atoms with Crippen molar-refractivity contribution >= 4 is 5.91 Å². The fraction of sp³-hybridized carbons (Fsp3) is 0.909. The lowest BCUT2D eigenvalue weighted by molar-refractivity contribution is -0.129. The summed E-state index contributed by atoms with van der Waals surface area (Å²) in [5.74, 6) is 1.31. The summed E-state index contributed by atoms with van der Waals surface area (Å²) in [6.45, 7) is 7.92. The van der Waals surface area contributed by atoms with Crippen LogP contribution in [0.5, 0.6) is 0 Å². The molecule has 3 heteroatoms. The van der Waals surface area contributed by atoms with E-state index in [9.17, 15) is 4.79 Å². The van der Waals surface area contributed by atoms with Gasteiger partial charge in [-0.3, -0.25) is 4.79 Å². The highest BCUT2D eigenvalue weighted by atomic mass is 16.2. The zero-order valence-corrected chi connectivity index (χ0v) is 9.49. The average Bonchev–Trinajstić information content (AvgIpc) is 2.50. The van der Waals surface area contributed by atoms with Crippen LogP contribution in [0.15, 0.2) is 0 Å². The standard InChI is InChI=1S/C11H22N2O/c1-4-9(6-12)10-5-11(14)13(7-10)8(2)3/h8-10H,4-7,12H2,1-3H3. The Labute approximate surface area is 86.6 Å². The van der Waals surface area contributed by atoms with E-state index in [-0.39, 0.29) is 0 Å². The second kappa shape index (κ2) is 4.78. The molecule has 2 atom stereocenters. The molecule has 0 bridgehead atoms. The SMILES string of the molecule is CCC(CN)C1CC(=O)N(C(C)C)C1. The van der Waals surface area contributed by atoms with Crippen molar-refractivity contribution in [3.8, 4) is 0 Å². The van der Waals surface area contributed by atoms with E-state index in [1.54, 1.807) is 0 Å². The van der Waals surface area contributed by atoms with Gasteiger partial charge in [0, 0.05) is 19.0 Å². The Hall–Kier alpha value is -0.570. The normalized spacial score (nSPS) is 24.8. The average molecular weight is 198 g/mol. The summed E-state index contributed by atoms with van der Waals surface area (Å²) >= 11 is 0. The van der Waals surface area contributed by atoms with Gasteiger partial charge >= 0.3 is 0 Å². The molecule has 82 valence electrons. The van der Waals surface area contributed by atoms with Gasteiger partial charge in [0.05, 0.1) is 0 Å². The minimum Gasteiger partial charge on any atom is -0.340 e. The second-order valence-corrected chi connectivity index (χ2v) is 4.51. The van der Waals surface area contributed by atoms with Crippen LogP contribution in [0.2, 0.25) is 0 Å². The van der Waals surface area contributed by atoms with Gasteiger partial charge in [0.15, 0.2) is 0 Å². The van der Waals surface area contributed by atoms with Crippen molar-refractivity contribution in [1.29, 1.82) is 0 Å². The van der Waals surface area contributed by atoms with Gasteiger partial charge in [0.2, 0.25) is 5.91 Å². The van der Waals surface area contributed by atoms with Crippen LogP contribution in [0.1, 0.15) is 33.6 Å². The summed E-state index contributed by atoms with van der Waals surface area (Å²) in [6.07, 6.45) is 1.79. The van der Waals surface area contributed by atoms with E-state index >= 15 is 0 Å². The van der Waals surface area contributed by atoms with Crippen molar-refractivity contribution in [3.05, 3.63) is 0 Å². The molecule has 0 aromatic rings. The highest BCUT2D eigenvalue weighted by molar-refractivity contribution is 5.78. The quantitative estimate of drug-likeness (QED) is 0.738. The zero-order valence-electron chi connectivity index (χ0n) is 9.49. The Kier molecular flexibility index (Phi) is 3.93. The molecule has 0 aliphatic carbocycles. The van der Waals surface area contributed by atoms with Gasteiger partial charge in [0.25, 0.3) is 0 Å². The van der Waals surface area contributed by atoms with E-state index < -0.39 is 0 Å². The Bertz CT molecular complexity index is 199. The number of amides is 1. The molecule has 1 heterocycles. The smallest absolute Gasteiger partial charge is 0.223 e. The lowest BCUT2D eigenvalue weighted by Crippen LogP contribution is -2.33. The summed E-state index contributed by atoms with van der Waals surface area (Å²) in [5.41, 5.74) is 5.70. The number of likely N-dealkylation sites (tertiary alicyclic amines) is 1. The number of carbonyl (C=O) groups is 1. The molecule has 2 N–H and O–H groups in total. The van der Waals surface area contributed by atoms with Gasteiger partial charge < -0.3 is 10.6 Å². The molecule has 1 amide bonds. The van der Waals surface area contributed by atoms with Crippen molar-refractivity contribution in [2.24, 2.45) is 17.6 Å². The molecule has 0 aromatic heterocycles. The summed E-state index contributed by atoms with van der Waals surface area (Å²) in [5, 5.41) is 0. The lowest BCUT2D eigenvalue weighted by atomic mass is 9.89. The van der Waals surface area contributed by atoms with Gasteiger partial charge in [-0.2, -0.15) is 0 Å². The molecule has 1 fully saturated rings. The van der Waals surface area contributed by atoms with E-state index in [2.05, 4.69) is 20.8 Å². The maximum absolute atomic E-state index is 11.6. The first kappa shape index (κ1) is 11.5. The Morgan fingerprint density at radius 3 is 2.57 bits per heavy atom. The first-order chi connectivity index (χ1) is 6.60.